The Morgan fingerprint density at radius 1 is 1.69 bits per heavy atom. The second-order valence-electron chi connectivity index (χ2n) is 2.91. The van der Waals surface area contributed by atoms with Gasteiger partial charge in [-0.1, -0.05) is 0 Å². The molecule has 13 heavy (non-hydrogen) atoms. The molecule has 3 nitrogen and oxygen atoms in total. The van der Waals surface area contributed by atoms with Crippen LogP contribution in [-0.4, -0.2) is 0 Å². The van der Waals surface area contributed by atoms with Crippen molar-refractivity contribution in [2.75, 3.05) is 0 Å². The molecule has 70 valence electrons. The zero-order chi connectivity index (χ0) is 9.68. The third-order valence-corrected chi connectivity index (χ3v) is 1.88. The summed E-state index contributed by atoms with van der Waals surface area (Å²) < 4.78 is 5.42. The Kier molecular flexibility index (Phi) is 3.56. The van der Waals surface area contributed by atoms with Crippen LogP contribution in [0.3, 0.4) is 0 Å². The van der Waals surface area contributed by atoms with E-state index in [1.165, 1.54) is 0 Å². The van der Waals surface area contributed by atoms with E-state index >= 15 is 0 Å². The quantitative estimate of drug-likeness (QED) is 0.417. The van der Waals surface area contributed by atoms with Crippen molar-refractivity contribution in [1.82, 2.24) is 5.43 Å². The SMILES string of the molecule is C#CCCC(NN)c1ccc(C)o1. The van der Waals surface area contributed by atoms with E-state index in [4.69, 9.17) is 16.7 Å². The molecule has 1 rings (SSSR count). The molecule has 3 N–H and O–H groups in total. The zero-order valence-corrected chi connectivity index (χ0v) is 7.71. The van der Waals surface area contributed by atoms with Gasteiger partial charge in [-0.05, 0) is 25.5 Å². The molecule has 0 aliphatic carbocycles. The lowest BCUT2D eigenvalue weighted by atomic mass is 10.1. The molecule has 3 heteroatoms. The van der Waals surface area contributed by atoms with E-state index in [0.29, 0.717) is 6.42 Å². The standard InChI is InChI=1S/C10H14N2O/c1-3-4-5-9(12-11)10-7-6-8(2)13-10/h1,6-7,9,12H,4-5,11H2,2H3. The number of nitrogens with one attached hydrogen (secondary N) is 1. The van der Waals surface area contributed by atoms with Crippen LogP contribution in [0, 0.1) is 19.3 Å². The van der Waals surface area contributed by atoms with E-state index in [-0.39, 0.29) is 6.04 Å². The molecule has 1 aromatic heterocycles. The van der Waals surface area contributed by atoms with Crippen LogP contribution in [0.2, 0.25) is 0 Å². The van der Waals surface area contributed by atoms with Gasteiger partial charge in [-0.3, -0.25) is 5.84 Å². The highest BCUT2D eigenvalue weighted by molar-refractivity contribution is 5.09. The fraction of sp³-hybridized carbons (Fsp3) is 0.400. The maximum atomic E-state index is 5.42. The summed E-state index contributed by atoms with van der Waals surface area (Å²) in [6.07, 6.45) is 6.65. The van der Waals surface area contributed by atoms with Crippen LogP contribution in [0.4, 0.5) is 0 Å². The van der Waals surface area contributed by atoms with Gasteiger partial charge in [0.05, 0.1) is 6.04 Å². The van der Waals surface area contributed by atoms with Crippen molar-refractivity contribution < 1.29 is 4.42 Å². The Morgan fingerprint density at radius 3 is 2.92 bits per heavy atom. The summed E-state index contributed by atoms with van der Waals surface area (Å²) in [5.74, 6) is 9.68. The highest BCUT2D eigenvalue weighted by Gasteiger charge is 2.11. The Morgan fingerprint density at radius 2 is 2.46 bits per heavy atom. The molecule has 0 aliphatic rings. The lowest BCUT2D eigenvalue weighted by molar-refractivity contribution is 0.392. The van der Waals surface area contributed by atoms with E-state index in [2.05, 4.69) is 11.3 Å². The van der Waals surface area contributed by atoms with Gasteiger partial charge in [0.25, 0.3) is 0 Å². The third kappa shape index (κ3) is 2.62. The van der Waals surface area contributed by atoms with E-state index in [9.17, 15) is 0 Å². The topological polar surface area (TPSA) is 51.2 Å². The minimum atomic E-state index is 0.0183. The average Bonchev–Trinajstić information content (AvgIpc) is 2.54. The molecule has 1 heterocycles. The maximum Gasteiger partial charge on any atom is 0.122 e. The van der Waals surface area contributed by atoms with E-state index in [1.807, 2.05) is 19.1 Å². The fourth-order valence-corrected chi connectivity index (χ4v) is 1.18. The Hall–Kier alpha value is -1.24. The van der Waals surface area contributed by atoms with Crippen LogP contribution >= 0.6 is 0 Å². The number of aryl methyl sites for hydroxylation is 1. The molecule has 0 aromatic carbocycles. The van der Waals surface area contributed by atoms with Gasteiger partial charge in [0.1, 0.15) is 11.5 Å². The summed E-state index contributed by atoms with van der Waals surface area (Å²) in [6, 6.07) is 3.84. The van der Waals surface area contributed by atoms with Gasteiger partial charge in [0, 0.05) is 6.42 Å². The van der Waals surface area contributed by atoms with Gasteiger partial charge in [0.15, 0.2) is 0 Å². The van der Waals surface area contributed by atoms with Gasteiger partial charge in [-0.25, -0.2) is 5.43 Å². The molecule has 0 saturated carbocycles. The number of hydrogen-bond donors (Lipinski definition) is 2. The second-order valence-corrected chi connectivity index (χ2v) is 2.91. The van der Waals surface area contributed by atoms with Crippen molar-refractivity contribution in [3.05, 3.63) is 23.7 Å². The number of terminal acetylenes is 1. The minimum Gasteiger partial charge on any atom is -0.465 e. The van der Waals surface area contributed by atoms with Crippen molar-refractivity contribution in [2.24, 2.45) is 5.84 Å². The summed E-state index contributed by atoms with van der Waals surface area (Å²) in [5, 5.41) is 0. The van der Waals surface area contributed by atoms with Gasteiger partial charge < -0.3 is 4.42 Å². The van der Waals surface area contributed by atoms with E-state index in [0.717, 1.165) is 17.9 Å². The average molecular weight is 178 g/mol. The lowest BCUT2D eigenvalue weighted by Crippen LogP contribution is -2.27. The summed E-state index contributed by atoms with van der Waals surface area (Å²) in [6.45, 7) is 1.90. The smallest absolute Gasteiger partial charge is 0.122 e. The lowest BCUT2D eigenvalue weighted by Gasteiger charge is -2.10. The monoisotopic (exact) mass is 178 g/mol. The van der Waals surface area contributed by atoms with Crippen LogP contribution in [0.15, 0.2) is 16.5 Å². The third-order valence-electron chi connectivity index (χ3n) is 1.88. The summed E-state index contributed by atoms with van der Waals surface area (Å²) in [5.41, 5.74) is 2.68. The first-order chi connectivity index (χ1) is 6.27. The van der Waals surface area contributed by atoms with Crippen LogP contribution in [0.5, 0.6) is 0 Å². The molecule has 1 unspecified atom stereocenters. The largest absolute Gasteiger partial charge is 0.465 e. The molecule has 0 saturated heterocycles. The van der Waals surface area contributed by atoms with Crippen LogP contribution in [0.1, 0.15) is 30.4 Å². The van der Waals surface area contributed by atoms with Crippen LogP contribution in [-0.2, 0) is 0 Å². The molecule has 0 aliphatic heterocycles. The van der Waals surface area contributed by atoms with Crippen molar-refractivity contribution in [3.63, 3.8) is 0 Å². The Labute approximate surface area is 78.3 Å². The minimum absolute atomic E-state index is 0.0183. The summed E-state index contributed by atoms with van der Waals surface area (Å²) in [7, 11) is 0. The molecule has 0 amide bonds. The molecule has 0 radical (unpaired) electrons. The first-order valence-electron chi connectivity index (χ1n) is 4.24. The molecule has 0 bridgehead atoms. The van der Waals surface area contributed by atoms with Crippen molar-refractivity contribution in [3.8, 4) is 12.3 Å². The van der Waals surface area contributed by atoms with Gasteiger partial charge in [-0.15, -0.1) is 12.3 Å². The Balaban J connectivity index is 2.62. The summed E-state index contributed by atoms with van der Waals surface area (Å²) in [4.78, 5) is 0. The molecular formula is C10H14N2O. The Bertz CT molecular complexity index is 298. The first-order valence-corrected chi connectivity index (χ1v) is 4.24. The predicted octanol–water partition coefficient (Wildman–Crippen LogP) is 1.51. The first kappa shape index (κ1) is 9.85. The normalized spacial score (nSPS) is 12.4. The van der Waals surface area contributed by atoms with E-state index < -0.39 is 0 Å². The van der Waals surface area contributed by atoms with Crippen molar-refractivity contribution >= 4 is 0 Å². The fourth-order valence-electron chi connectivity index (χ4n) is 1.18. The highest BCUT2D eigenvalue weighted by Crippen LogP contribution is 2.19. The molecule has 1 aromatic rings. The van der Waals surface area contributed by atoms with Gasteiger partial charge in [-0.2, -0.15) is 0 Å². The number of hydrogen-bond acceptors (Lipinski definition) is 3. The predicted molar refractivity (Wildman–Crippen MR) is 51.6 cm³/mol. The molecule has 0 spiro atoms. The van der Waals surface area contributed by atoms with Crippen molar-refractivity contribution in [1.29, 1.82) is 0 Å². The van der Waals surface area contributed by atoms with Crippen molar-refractivity contribution in [2.45, 2.75) is 25.8 Å². The van der Waals surface area contributed by atoms with Gasteiger partial charge in [0.2, 0.25) is 0 Å². The van der Waals surface area contributed by atoms with Crippen LogP contribution < -0.4 is 11.3 Å². The number of furan rings is 1. The number of nitrogens with two attached hydrogens (primary N) is 1. The highest BCUT2D eigenvalue weighted by atomic mass is 16.3. The maximum absolute atomic E-state index is 5.42. The second kappa shape index (κ2) is 4.70. The summed E-state index contributed by atoms with van der Waals surface area (Å²) >= 11 is 0. The zero-order valence-electron chi connectivity index (χ0n) is 7.71. The molecular weight excluding hydrogens is 164 g/mol. The number of rotatable bonds is 4. The molecule has 1 atom stereocenters. The van der Waals surface area contributed by atoms with E-state index in [1.54, 1.807) is 0 Å². The van der Waals surface area contributed by atoms with Crippen LogP contribution in [0.25, 0.3) is 0 Å². The van der Waals surface area contributed by atoms with Gasteiger partial charge >= 0.3 is 0 Å². The number of hydrazine groups is 1. The molecule has 0 fully saturated rings.